The maximum Gasteiger partial charge on any atom is 0.148 e. The van der Waals surface area contributed by atoms with Crippen LogP contribution < -0.4 is 14.8 Å². The lowest BCUT2D eigenvalue weighted by Crippen LogP contribution is -2.72. The van der Waals surface area contributed by atoms with Crippen molar-refractivity contribution in [3.63, 3.8) is 0 Å². The van der Waals surface area contributed by atoms with Crippen molar-refractivity contribution in [1.82, 2.24) is 9.91 Å². The van der Waals surface area contributed by atoms with Gasteiger partial charge in [-0.2, -0.15) is 10.2 Å². The van der Waals surface area contributed by atoms with Crippen LogP contribution >= 0.6 is 0 Å². The van der Waals surface area contributed by atoms with Crippen molar-refractivity contribution in [2.75, 3.05) is 49.1 Å². The summed E-state index contributed by atoms with van der Waals surface area (Å²) in [6.45, 7) is 0.428. The van der Waals surface area contributed by atoms with Gasteiger partial charge in [-0.15, -0.1) is 5.11 Å². The van der Waals surface area contributed by atoms with Crippen molar-refractivity contribution in [3.8, 4) is 11.5 Å². The van der Waals surface area contributed by atoms with Crippen LogP contribution in [0, 0.1) is 0 Å². The smallest absolute Gasteiger partial charge is 0.148 e. The van der Waals surface area contributed by atoms with Crippen LogP contribution in [0.1, 0.15) is 0 Å². The predicted octanol–water partition coefficient (Wildman–Crippen LogP) is 1.90. The molecule has 2 N–H and O–H groups in total. The first-order valence-electron chi connectivity index (χ1n) is 7.40. The van der Waals surface area contributed by atoms with Crippen LogP contribution in [-0.4, -0.2) is 59.0 Å². The van der Waals surface area contributed by atoms with Crippen LogP contribution in [0.4, 0.5) is 11.4 Å². The molecule has 132 valence electrons. The molecule has 0 saturated heterocycles. The predicted molar refractivity (Wildman–Crippen MR) is 91.9 cm³/mol. The molecule has 9 heteroatoms. The van der Waals surface area contributed by atoms with E-state index < -0.39 is 0 Å². The Morgan fingerprint density at radius 3 is 2.12 bits per heavy atom. The first kappa shape index (κ1) is 19.4. The molecule has 1 rings (SSSR count). The standard InChI is InChI=1S/C15H25N7O2/c1-16-7-8-22(4)11-17-18-12-9-15(24-6)13(10-14(12)23-5)19-20-21(2)3/h7-10,16H,11H2,1-6H3/p+1/b8-7-,18-17?,20-19?. The highest BCUT2D eigenvalue weighted by Gasteiger charge is 2.11. The van der Waals surface area contributed by atoms with Gasteiger partial charge in [0.05, 0.1) is 27.5 Å². The highest BCUT2D eigenvalue weighted by atomic mass is 16.5. The minimum atomic E-state index is 0.428. The number of hydrogen-bond donors (Lipinski definition) is 1. The molecule has 0 aromatic heterocycles. The van der Waals surface area contributed by atoms with Gasteiger partial charge < -0.3 is 19.7 Å². The lowest BCUT2D eigenvalue weighted by Gasteiger charge is -2.10. The summed E-state index contributed by atoms with van der Waals surface area (Å²) >= 11 is 0. The molecule has 0 spiro atoms. The molecule has 0 amide bonds. The van der Waals surface area contributed by atoms with E-state index in [1.807, 2.05) is 36.7 Å². The number of hydrogen-bond acceptors (Lipinski definition) is 7. The molecule has 0 aliphatic carbocycles. The zero-order valence-electron chi connectivity index (χ0n) is 15.1. The Balaban J connectivity index is 3.00. The van der Waals surface area contributed by atoms with Gasteiger partial charge in [0.2, 0.25) is 0 Å². The van der Waals surface area contributed by atoms with Crippen LogP contribution in [0.25, 0.3) is 0 Å². The Morgan fingerprint density at radius 2 is 1.62 bits per heavy atom. The second-order valence-corrected chi connectivity index (χ2v) is 5.05. The molecule has 0 fully saturated rings. The van der Waals surface area contributed by atoms with Crippen molar-refractivity contribution < 1.29 is 14.8 Å². The average Bonchev–Trinajstić information content (AvgIpc) is 2.57. The van der Waals surface area contributed by atoms with E-state index in [0.717, 1.165) is 0 Å². The van der Waals surface area contributed by atoms with Gasteiger partial charge in [0.15, 0.2) is 0 Å². The molecular weight excluding hydrogens is 310 g/mol. The molecule has 0 bridgehead atoms. The maximum atomic E-state index is 5.36. The fraction of sp³-hybridized carbons (Fsp3) is 0.467. The van der Waals surface area contributed by atoms with E-state index in [1.54, 1.807) is 45.5 Å². The zero-order valence-corrected chi connectivity index (χ0v) is 15.1. The Morgan fingerprint density at radius 1 is 1.04 bits per heavy atom. The van der Waals surface area contributed by atoms with E-state index >= 15 is 0 Å². The van der Waals surface area contributed by atoms with E-state index in [-0.39, 0.29) is 0 Å². The number of methoxy groups -OCH3 is 2. The Hall–Kier alpha value is -2.68. The van der Waals surface area contributed by atoms with Gasteiger partial charge in [0, 0.05) is 33.3 Å². The van der Waals surface area contributed by atoms with Crippen LogP contribution in [0.15, 0.2) is 45.1 Å². The quantitative estimate of drug-likeness (QED) is 0.551. The van der Waals surface area contributed by atoms with E-state index in [9.17, 15) is 0 Å². The van der Waals surface area contributed by atoms with Gasteiger partial charge in [0.25, 0.3) is 0 Å². The average molecular weight is 336 g/mol. The number of ether oxygens (including phenoxy) is 2. The summed E-state index contributed by atoms with van der Waals surface area (Å²) in [5.74, 6) is 1.09. The summed E-state index contributed by atoms with van der Waals surface area (Å²) in [6.07, 6.45) is 3.85. The summed E-state index contributed by atoms with van der Waals surface area (Å²) in [5.41, 5.74) is 1.12. The molecule has 9 nitrogen and oxygen atoms in total. The third-order valence-corrected chi connectivity index (χ3v) is 2.81. The fourth-order valence-electron chi connectivity index (χ4n) is 1.65. The molecular formula is C15H26N7O2+. The number of nitrogens with two attached hydrogens (primary N) is 1. The zero-order chi connectivity index (χ0) is 17.9. The highest BCUT2D eigenvalue weighted by molar-refractivity contribution is 5.66. The van der Waals surface area contributed by atoms with Crippen molar-refractivity contribution in [1.29, 1.82) is 0 Å². The van der Waals surface area contributed by atoms with Crippen LogP contribution in [0.3, 0.4) is 0 Å². The molecule has 1 aromatic carbocycles. The molecule has 0 unspecified atom stereocenters. The SMILES string of the molecule is C[NH2+]/C=C\N(C)CN=Nc1cc(OC)c(N=NN(C)C)cc1OC. The maximum absolute atomic E-state index is 5.36. The lowest BCUT2D eigenvalue weighted by atomic mass is 10.2. The van der Waals surface area contributed by atoms with Crippen molar-refractivity contribution in [3.05, 3.63) is 24.5 Å². The minimum Gasteiger partial charge on any atom is -0.494 e. The summed E-state index contributed by atoms with van der Waals surface area (Å²) < 4.78 is 10.7. The monoisotopic (exact) mass is 336 g/mol. The van der Waals surface area contributed by atoms with Gasteiger partial charge in [0.1, 0.15) is 35.7 Å². The number of nitrogens with zero attached hydrogens (tertiary/aromatic N) is 6. The number of azo groups is 1. The Bertz CT molecular complexity index is 600. The van der Waals surface area contributed by atoms with Crippen LogP contribution in [0.2, 0.25) is 0 Å². The number of quaternary nitrogens is 1. The molecule has 0 atom stereocenters. The summed E-state index contributed by atoms with van der Waals surface area (Å²) in [6, 6.07) is 3.44. The molecule has 0 heterocycles. The largest absolute Gasteiger partial charge is 0.494 e. The fourth-order valence-corrected chi connectivity index (χ4v) is 1.65. The van der Waals surface area contributed by atoms with E-state index in [0.29, 0.717) is 29.5 Å². The van der Waals surface area contributed by atoms with Gasteiger partial charge in [-0.1, -0.05) is 5.22 Å². The summed E-state index contributed by atoms with van der Waals surface area (Å²) in [7, 11) is 10.6. The topological polar surface area (TPSA) is 91.0 Å². The second kappa shape index (κ2) is 10.2. The molecule has 1 aromatic rings. The van der Waals surface area contributed by atoms with Crippen molar-refractivity contribution >= 4 is 11.4 Å². The Kier molecular flexibility index (Phi) is 8.20. The van der Waals surface area contributed by atoms with Crippen LogP contribution in [0.5, 0.6) is 11.5 Å². The van der Waals surface area contributed by atoms with Gasteiger partial charge in [-0.3, -0.25) is 5.01 Å². The number of rotatable bonds is 9. The second-order valence-electron chi connectivity index (χ2n) is 5.05. The summed E-state index contributed by atoms with van der Waals surface area (Å²) in [4.78, 5) is 1.91. The van der Waals surface area contributed by atoms with E-state index in [1.165, 1.54) is 0 Å². The highest BCUT2D eigenvalue weighted by Crippen LogP contribution is 2.40. The van der Waals surface area contributed by atoms with Crippen LogP contribution in [-0.2, 0) is 0 Å². The molecule has 0 radical (unpaired) electrons. The summed E-state index contributed by atoms with van der Waals surface area (Å²) in [5, 5.41) is 20.0. The molecule has 0 saturated carbocycles. The van der Waals surface area contributed by atoms with Gasteiger partial charge >= 0.3 is 0 Å². The molecule has 0 aliphatic rings. The van der Waals surface area contributed by atoms with Gasteiger partial charge in [-0.05, 0) is 0 Å². The molecule has 24 heavy (non-hydrogen) atoms. The van der Waals surface area contributed by atoms with Crippen molar-refractivity contribution in [2.45, 2.75) is 0 Å². The Labute approximate surface area is 142 Å². The first-order chi connectivity index (χ1) is 11.5. The lowest BCUT2D eigenvalue weighted by molar-refractivity contribution is -0.557. The third kappa shape index (κ3) is 6.21. The molecule has 0 aliphatic heterocycles. The minimum absolute atomic E-state index is 0.428. The van der Waals surface area contributed by atoms with E-state index in [4.69, 9.17) is 9.47 Å². The third-order valence-electron chi connectivity index (χ3n) is 2.81. The first-order valence-corrected chi connectivity index (χ1v) is 7.40. The van der Waals surface area contributed by atoms with E-state index in [2.05, 4.69) is 20.6 Å². The normalized spacial score (nSPS) is 11.6. The number of benzene rings is 1. The van der Waals surface area contributed by atoms with Gasteiger partial charge in [-0.25, -0.2) is 0 Å². The van der Waals surface area contributed by atoms with Crippen molar-refractivity contribution in [2.24, 2.45) is 20.6 Å².